The van der Waals surface area contributed by atoms with Crippen molar-refractivity contribution in [1.29, 1.82) is 0 Å². The molecule has 0 heterocycles. The van der Waals surface area contributed by atoms with Crippen molar-refractivity contribution in [3.05, 3.63) is 0 Å². The van der Waals surface area contributed by atoms with Crippen LogP contribution in [0, 0.1) is 0 Å². The lowest BCUT2D eigenvalue weighted by Crippen LogP contribution is -2.30. The lowest BCUT2D eigenvalue weighted by molar-refractivity contribution is -0.159. The summed E-state index contributed by atoms with van der Waals surface area (Å²) in [5, 5.41) is -3.48. The van der Waals surface area contributed by atoms with Gasteiger partial charge >= 0.3 is 11.2 Å². The van der Waals surface area contributed by atoms with E-state index in [0.29, 0.717) is 11.8 Å². The Morgan fingerprint density at radius 2 is 2.00 bits per heavy atom. The molecule has 1 saturated carbocycles. The summed E-state index contributed by atoms with van der Waals surface area (Å²) in [7, 11) is 0. The van der Waals surface area contributed by atoms with Gasteiger partial charge in [-0.3, -0.25) is 0 Å². The molecular weight excluding hydrogens is 222 g/mol. The minimum atomic E-state index is -3.38. The van der Waals surface area contributed by atoms with Crippen molar-refractivity contribution in [2.24, 2.45) is 0 Å². The van der Waals surface area contributed by atoms with Gasteiger partial charge in [0.25, 0.3) is 0 Å². The molecule has 88 valence electrons. The van der Waals surface area contributed by atoms with Crippen LogP contribution in [0.15, 0.2) is 0 Å². The summed E-state index contributed by atoms with van der Waals surface area (Å²) >= 11 is 0.463. The summed E-state index contributed by atoms with van der Waals surface area (Å²) in [6.45, 7) is 1.53. The molecular formula is C10H16F2O2S. The Bertz CT molecular complexity index is 215. The molecule has 0 N–H and O–H groups in total. The van der Waals surface area contributed by atoms with Crippen molar-refractivity contribution in [3.63, 3.8) is 0 Å². The lowest BCUT2D eigenvalue weighted by Gasteiger charge is -2.24. The summed E-state index contributed by atoms with van der Waals surface area (Å²) in [6, 6.07) is 0. The molecule has 0 aromatic heterocycles. The molecule has 1 fully saturated rings. The van der Waals surface area contributed by atoms with E-state index in [1.54, 1.807) is 0 Å². The highest BCUT2D eigenvalue weighted by Gasteiger charge is 2.43. The second kappa shape index (κ2) is 5.68. The summed E-state index contributed by atoms with van der Waals surface area (Å²) in [5.41, 5.74) is 0. The Hall–Kier alpha value is -0.320. The zero-order valence-electron chi connectivity index (χ0n) is 8.80. The molecule has 0 amide bonds. The molecule has 0 aromatic rings. The van der Waals surface area contributed by atoms with E-state index in [0.717, 1.165) is 32.1 Å². The fourth-order valence-electron chi connectivity index (χ4n) is 1.66. The maximum absolute atomic E-state index is 13.3. The number of halogens is 2. The van der Waals surface area contributed by atoms with Crippen LogP contribution >= 0.6 is 11.8 Å². The van der Waals surface area contributed by atoms with Crippen molar-refractivity contribution < 1.29 is 18.3 Å². The van der Waals surface area contributed by atoms with E-state index in [4.69, 9.17) is 0 Å². The second-order valence-corrected chi connectivity index (χ2v) is 5.03. The number of hydrogen-bond donors (Lipinski definition) is 0. The first-order valence-electron chi connectivity index (χ1n) is 5.29. The summed E-state index contributed by atoms with van der Waals surface area (Å²) < 4.78 is 30.9. The molecule has 0 unspecified atom stereocenters. The van der Waals surface area contributed by atoms with Gasteiger partial charge in [0.2, 0.25) is 0 Å². The average Bonchev–Trinajstić information content (AvgIpc) is 2.19. The van der Waals surface area contributed by atoms with E-state index in [1.807, 2.05) is 0 Å². The molecule has 2 nitrogen and oxygen atoms in total. The highest BCUT2D eigenvalue weighted by molar-refractivity contribution is 8.01. The Labute approximate surface area is 92.7 Å². The number of alkyl halides is 2. The van der Waals surface area contributed by atoms with Crippen LogP contribution in [0.25, 0.3) is 0 Å². The van der Waals surface area contributed by atoms with Crippen LogP contribution in [-0.2, 0) is 9.53 Å². The van der Waals surface area contributed by atoms with Crippen LogP contribution in [0.4, 0.5) is 8.78 Å². The molecule has 1 rings (SSSR count). The molecule has 0 bridgehead atoms. The third-order valence-electron chi connectivity index (χ3n) is 2.38. The maximum atomic E-state index is 13.3. The highest BCUT2D eigenvalue weighted by atomic mass is 32.2. The number of thioether (sulfide) groups is 1. The quantitative estimate of drug-likeness (QED) is 0.703. The van der Waals surface area contributed by atoms with Gasteiger partial charge in [0, 0.05) is 5.25 Å². The van der Waals surface area contributed by atoms with Gasteiger partial charge in [-0.05, 0) is 19.8 Å². The fraction of sp³-hybridized carbons (Fsp3) is 0.900. The van der Waals surface area contributed by atoms with Crippen molar-refractivity contribution in [1.82, 2.24) is 0 Å². The maximum Gasteiger partial charge on any atom is 0.389 e. The van der Waals surface area contributed by atoms with Crippen LogP contribution in [0.3, 0.4) is 0 Å². The van der Waals surface area contributed by atoms with Crippen molar-refractivity contribution in [2.45, 2.75) is 49.5 Å². The zero-order valence-corrected chi connectivity index (χ0v) is 9.62. The topological polar surface area (TPSA) is 26.3 Å². The number of esters is 1. The summed E-state index contributed by atoms with van der Waals surface area (Å²) in [4.78, 5) is 10.9. The third-order valence-corrected chi connectivity index (χ3v) is 3.65. The zero-order chi connectivity index (χ0) is 11.3. The van der Waals surface area contributed by atoms with Gasteiger partial charge in [-0.1, -0.05) is 31.0 Å². The second-order valence-electron chi connectivity index (χ2n) is 3.62. The van der Waals surface area contributed by atoms with Gasteiger partial charge in [0.15, 0.2) is 0 Å². The van der Waals surface area contributed by atoms with Gasteiger partial charge < -0.3 is 4.74 Å². The third kappa shape index (κ3) is 3.97. The molecule has 1 aliphatic carbocycles. The van der Waals surface area contributed by atoms with Crippen LogP contribution in [0.5, 0.6) is 0 Å². The molecule has 0 spiro atoms. The molecule has 0 aliphatic heterocycles. The summed E-state index contributed by atoms with van der Waals surface area (Å²) in [6.07, 6.45) is 4.63. The number of rotatable bonds is 4. The van der Waals surface area contributed by atoms with Crippen LogP contribution in [0.1, 0.15) is 39.0 Å². The smallest absolute Gasteiger partial charge is 0.389 e. The van der Waals surface area contributed by atoms with Crippen molar-refractivity contribution in [3.8, 4) is 0 Å². The number of ether oxygens (including phenoxy) is 1. The monoisotopic (exact) mass is 238 g/mol. The van der Waals surface area contributed by atoms with Crippen LogP contribution in [-0.4, -0.2) is 23.1 Å². The first kappa shape index (κ1) is 12.7. The van der Waals surface area contributed by atoms with E-state index in [9.17, 15) is 13.6 Å². The normalized spacial score (nSPS) is 18.9. The number of carbonyl (C=O) groups is 1. The predicted molar refractivity (Wildman–Crippen MR) is 56.0 cm³/mol. The average molecular weight is 238 g/mol. The van der Waals surface area contributed by atoms with E-state index in [1.165, 1.54) is 6.92 Å². The van der Waals surface area contributed by atoms with Crippen molar-refractivity contribution in [2.75, 3.05) is 6.61 Å². The molecule has 1 aliphatic rings. The van der Waals surface area contributed by atoms with Gasteiger partial charge in [0.1, 0.15) is 0 Å². The Balaban J connectivity index is 2.42. The first-order valence-corrected chi connectivity index (χ1v) is 6.17. The molecule has 0 radical (unpaired) electrons. The van der Waals surface area contributed by atoms with Gasteiger partial charge in [-0.25, -0.2) is 4.79 Å². The van der Waals surface area contributed by atoms with Gasteiger partial charge in [0.05, 0.1) is 6.61 Å². The van der Waals surface area contributed by atoms with Crippen LogP contribution in [0.2, 0.25) is 0 Å². The Morgan fingerprint density at radius 3 is 2.53 bits per heavy atom. The van der Waals surface area contributed by atoms with E-state index < -0.39 is 11.2 Å². The number of hydrogen-bond acceptors (Lipinski definition) is 3. The fourth-order valence-corrected chi connectivity index (χ4v) is 2.80. The van der Waals surface area contributed by atoms with E-state index >= 15 is 0 Å². The Morgan fingerprint density at radius 1 is 1.40 bits per heavy atom. The van der Waals surface area contributed by atoms with E-state index in [-0.39, 0.29) is 11.9 Å². The highest BCUT2D eigenvalue weighted by Crippen LogP contribution is 2.39. The molecule has 0 saturated heterocycles. The van der Waals surface area contributed by atoms with Crippen LogP contribution < -0.4 is 0 Å². The minimum Gasteiger partial charge on any atom is -0.461 e. The van der Waals surface area contributed by atoms with E-state index in [2.05, 4.69) is 4.74 Å². The molecule has 5 heteroatoms. The first-order chi connectivity index (χ1) is 7.06. The predicted octanol–water partition coefficient (Wildman–Crippen LogP) is 3.21. The van der Waals surface area contributed by atoms with Crippen molar-refractivity contribution >= 4 is 17.7 Å². The largest absolute Gasteiger partial charge is 0.461 e. The molecule has 0 atom stereocenters. The van der Waals surface area contributed by atoms with Gasteiger partial charge in [-0.2, -0.15) is 8.78 Å². The Kier molecular flexibility index (Phi) is 4.83. The molecule has 15 heavy (non-hydrogen) atoms. The lowest BCUT2D eigenvalue weighted by atomic mass is 10.0. The SMILES string of the molecule is CCOC(=O)C(F)(F)SC1CCCCC1. The minimum absolute atomic E-state index is 0.000347. The van der Waals surface area contributed by atoms with Gasteiger partial charge in [-0.15, -0.1) is 0 Å². The summed E-state index contributed by atoms with van der Waals surface area (Å²) in [5.74, 6) is -1.40. The molecule has 0 aromatic carbocycles. The number of carbonyl (C=O) groups excluding carboxylic acids is 1. The standard InChI is InChI=1S/C10H16F2O2S/c1-2-14-9(13)10(11,12)15-8-6-4-3-5-7-8/h8H,2-7H2,1H3.